The number of unbranched alkanes of at least 4 members (excludes halogenated alkanes) is 6. The van der Waals surface area contributed by atoms with Crippen LogP contribution in [0.15, 0.2) is 200 Å². The van der Waals surface area contributed by atoms with Crippen LogP contribution in [0.1, 0.15) is 152 Å². The van der Waals surface area contributed by atoms with E-state index in [2.05, 4.69) is 224 Å². The standard InChI is InChI=1S/C78H87O4P/c1-7-13-19-58-25-37-64(38-26-58)70-49-52-76(73(55-70)67-43-31-61(32-44-67)22-16-10-4)80-83(79,81-77-53-50-71(65-39-27-59(28-40-65)20-14-8-2)56-74(77)68-45-33-62(34-46-68)23-17-11-5)82-78-54-51-72(66-41-29-60(30-42-66)21-15-9-3)57-75(78)69-47-35-63(36-48-69)24-18-12-6/h25-57H,7-24H2,1-6H3. The molecular formula is C78H87O4P. The first-order chi connectivity index (χ1) is 40.7. The minimum Gasteiger partial charge on any atom is -0.385 e. The Morgan fingerprint density at radius 1 is 0.241 bits per heavy atom. The third-order valence-corrected chi connectivity index (χ3v) is 17.4. The molecule has 83 heavy (non-hydrogen) atoms. The van der Waals surface area contributed by atoms with E-state index >= 15 is 4.57 Å². The van der Waals surface area contributed by atoms with Crippen LogP contribution in [-0.4, -0.2) is 0 Å². The third kappa shape index (κ3) is 16.5. The average Bonchev–Trinajstić information content (AvgIpc) is 3.69. The molecule has 0 aliphatic rings. The first-order valence-electron chi connectivity index (χ1n) is 31.3. The van der Waals surface area contributed by atoms with Crippen molar-refractivity contribution in [2.75, 3.05) is 0 Å². The van der Waals surface area contributed by atoms with Gasteiger partial charge >= 0.3 is 7.82 Å². The number of phosphoric ester groups is 1. The van der Waals surface area contributed by atoms with Crippen molar-refractivity contribution in [3.05, 3.63) is 234 Å². The van der Waals surface area contributed by atoms with Gasteiger partial charge in [-0.1, -0.05) is 244 Å². The zero-order valence-electron chi connectivity index (χ0n) is 50.4. The molecule has 0 aliphatic carbocycles. The molecule has 0 radical (unpaired) electrons. The Hall–Kier alpha value is -7.39. The molecule has 9 aromatic rings. The van der Waals surface area contributed by atoms with Gasteiger partial charge in [0, 0.05) is 16.7 Å². The van der Waals surface area contributed by atoms with Crippen LogP contribution in [0.5, 0.6) is 17.2 Å². The molecule has 0 unspecified atom stereocenters. The molecule has 428 valence electrons. The lowest BCUT2D eigenvalue weighted by Gasteiger charge is -2.24. The maximum Gasteiger partial charge on any atom is 0.647 e. The number of aryl methyl sites for hydroxylation is 6. The summed E-state index contributed by atoms with van der Waals surface area (Å²) in [5.74, 6) is 1.17. The predicted molar refractivity (Wildman–Crippen MR) is 353 cm³/mol. The smallest absolute Gasteiger partial charge is 0.385 e. The molecule has 9 rings (SSSR count). The van der Waals surface area contributed by atoms with E-state index < -0.39 is 7.82 Å². The highest BCUT2D eigenvalue weighted by atomic mass is 31.2. The fourth-order valence-corrected chi connectivity index (χ4v) is 12.2. The molecule has 0 atom stereocenters. The number of hydrogen-bond acceptors (Lipinski definition) is 4. The maximum absolute atomic E-state index is 16.8. The minimum atomic E-state index is -4.71. The Morgan fingerprint density at radius 2 is 0.422 bits per heavy atom. The number of rotatable bonds is 30. The van der Waals surface area contributed by atoms with E-state index in [0.717, 1.165) is 182 Å². The maximum atomic E-state index is 16.8. The number of hydrogen-bond donors (Lipinski definition) is 0. The lowest BCUT2D eigenvalue weighted by atomic mass is 9.96. The van der Waals surface area contributed by atoms with Gasteiger partial charge in [0.2, 0.25) is 0 Å². The van der Waals surface area contributed by atoms with Gasteiger partial charge in [-0.3, -0.25) is 0 Å². The molecule has 0 heterocycles. The molecule has 9 aromatic carbocycles. The summed E-state index contributed by atoms with van der Waals surface area (Å²) in [6.45, 7) is 13.4. The molecule has 5 heteroatoms. The van der Waals surface area contributed by atoms with E-state index in [-0.39, 0.29) is 0 Å². The molecule has 4 nitrogen and oxygen atoms in total. The SMILES string of the molecule is CCCCc1ccc(-c2ccc(OP(=O)(Oc3ccc(-c4ccc(CCCC)cc4)cc3-c3ccc(CCCC)cc3)Oc3ccc(-c4ccc(CCCC)cc4)cc3-c3ccc(CCCC)cc3)c(-c3ccc(CCCC)cc3)c2)cc1. The molecule has 0 spiro atoms. The molecule has 0 saturated heterocycles. The highest BCUT2D eigenvalue weighted by Crippen LogP contribution is 2.55. The molecule has 0 aliphatic heterocycles. The summed E-state index contributed by atoms with van der Waals surface area (Å²) in [6, 6.07) is 71.3. The molecule has 0 bridgehead atoms. The van der Waals surface area contributed by atoms with Gasteiger partial charge in [-0.25, -0.2) is 0 Å². The van der Waals surface area contributed by atoms with E-state index in [1.807, 2.05) is 18.2 Å². The molecule has 0 aromatic heterocycles. The molecule has 0 saturated carbocycles. The van der Waals surface area contributed by atoms with Crippen molar-refractivity contribution in [3.8, 4) is 84.0 Å². The van der Waals surface area contributed by atoms with Crippen LogP contribution >= 0.6 is 7.82 Å². The van der Waals surface area contributed by atoms with E-state index in [4.69, 9.17) is 13.6 Å². The lowest BCUT2D eigenvalue weighted by molar-refractivity contribution is 0.299. The van der Waals surface area contributed by atoms with Crippen LogP contribution in [0.2, 0.25) is 0 Å². The summed E-state index contributed by atoms with van der Waals surface area (Å²) < 4.78 is 38.0. The van der Waals surface area contributed by atoms with Crippen molar-refractivity contribution in [2.45, 2.75) is 157 Å². The average molecular weight is 1120 g/mol. The van der Waals surface area contributed by atoms with Gasteiger partial charge in [-0.15, -0.1) is 0 Å². The monoisotopic (exact) mass is 1120 g/mol. The lowest BCUT2D eigenvalue weighted by Crippen LogP contribution is -2.09. The predicted octanol–water partition coefficient (Wildman–Crippen LogP) is 23.4. The Labute approximate surface area is 498 Å². The van der Waals surface area contributed by atoms with Crippen LogP contribution in [0, 0.1) is 0 Å². The fourth-order valence-electron chi connectivity index (χ4n) is 10.9. The van der Waals surface area contributed by atoms with E-state index in [1.165, 1.54) is 33.4 Å². The first kappa shape index (κ1) is 60.2. The van der Waals surface area contributed by atoms with Crippen LogP contribution in [0.25, 0.3) is 66.8 Å². The van der Waals surface area contributed by atoms with Crippen molar-refractivity contribution in [1.29, 1.82) is 0 Å². The summed E-state index contributed by atoms with van der Waals surface area (Å²) in [5, 5.41) is 0. The van der Waals surface area contributed by atoms with Crippen molar-refractivity contribution in [2.24, 2.45) is 0 Å². The normalized spacial score (nSPS) is 11.4. The molecule has 0 fully saturated rings. The van der Waals surface area contributed by atoms with E-state index in [9.17, 15) is 0 Å². The summed E-state index contributed by atoms with van der Waals surface area (Å²) in [7, 11) is -4.71. The second-order valence-corrected chi connectivity index (χ2v) is 24.1. The van der Waals surface area contributed by atoms with E-state index in [1.54, 1.807) is 0 Å². The Kier molecular flexibility index (Phi) is 21.9. The second kappa shape index (κ2) is 30.2. The largest absolute Gasteiger partial charge is 0.647 e. The van der Waals surface area contributed by atoms with Gasteiger partial charge in [-0.05, 0) is 197 Å². The van der Waals surface area contributed by atoms with Crippen LogP contribution in [0.4, 0.5) is 0 Å². The highest BCUT2D eigenvalue weighted by molar-refractivity contribution is 7.49. The van der Waals surface area contributed by atoms with Crippen molar-refractivity contribution in [1.82, 2.24) is 0 Å². The molecular weight excluding hydrogens is 1030 g/mol. The van der Waals surface area contributed by atoms with Gasteiger partial charge in [0.05, 0.1) is 0 Å². The van der Waals surface area contributed by atoms with Gasteiger partial charge < -0.3 is 13.6 Å². The summed E-state index contributed by atoms with van der Waals surface area (Å²) in [5.41, 5.74) is 19.3. The second-order valence-electron chi connectivity index (χ2n) is 22.7. The van der Waals surface area contributed by atoms with Gasteiger partial charge in [0.1, 0.15) is 17.2 Å². The Morgan fingerprint density at radius 3 is 0.614 bits per heavy atom. The zero-order chi connectivity index (χ0) is 57.8. The summed E-state index contributed by atoms with van der Waals surface area (Å²) in [6.07, 6.45) is 19.8. The van der Waals surface area contributed by atoms with Crippen molar-refractivity contribution in [3.63, 3.8) is 0 Å². The van der Waals surface area contributed by atoms with Crippen LogP contribution < -0.4 is 13.6 Å². The van der Waals surface area contributed by atoms with Gasteiger partial charge in [-0.2, -0.15) is 4.57 Å². The topological polar surface area (TPSA) is 44.8 Å². The highest BCUT2D eigenvalue weighted by Gasteiger charge is 2.37. The van der Waals surface area contributed by atoms with Crippen LogP contribution in [0.3, 0.4) is 0 Å². The fraction of sp³-hybridized carbons (Fsp3) is 0.308. The van der Waals surface area contributed by atoms with Crippen molar-refractivity contribution >= 4 is 7.82 Å². The summed E-state index contributed by atoms with van der Waals surface area (Å²) in [4.78, 5) is 0. The van der Waals surface area contributed by atoms with E-state index in [0.29, 0.717) is 17.2 Å². The first-order valence-corrected chi connectivity index (χ1v) is 32.8. The van der Waals surface area contributed by atoms with Crippen molar-refractivity contribution < 1.29 is 18.1 Å². The number of phosphoric acid groups is 1. The Bertz CT molecular complexity index is 3110. The minimum absolute atomic E-state index is 0.390. The quantitative estimate of drug-likeness (QED) is 0.0421. The molecule has 0 N–H and O–H groups in total. The third-order valence-electron chi connectivity index (χ3n) is 16.1. The summed E-state index contributed by atoms with van der Waals surface area (Å²) >= 11 is 0. The Balaban J connectivity index is 1.20. The van der Waals surface area contributed by atoms with Crippen LogP contribution in [-0.2, 0) is 43.1 Å². The zero-order valence-corrected chi connectivity index (χ0v) is 51.3. The van der Waals surface area contributed by atoms with Gasteiger partial charge in [0.15, 0.2) is 0 Å². The van der Waals surface area contributed by atoms with Gasteiger partial charge in [0.25, 0.3) is 0 Å². The number of benzene rings is 9. The molecule has 0 amide bonds.